The number of nitrogens with zero attached hydrogens (tertiary/aromatic N) is 2. The van der Waals surface area contributed by atoms with Gasteiger partial charge in [-0.25, -0.2) is 4.79 Å². The summed E-state index contributed by atoms with van der Waals surface area (Å²) in [5, 5.41) is 0. The third kappa shape index (κ3) is 6.51. The Kier molecular flexibility index (Phi) is 7.14. The summed E-state index contributed by atoms with van der Waals surface area (Å²) in [5.41, 5.74) is -0.444. The minimum absolute atomic E-state index is 0.212. The number of ether oxygens (including phenoxy) is 2. The molecule has 0 unspecified atom stereocenters. The maximum absolute atomic E-state index is 12.2. The number of hydrogen-bond donors (Lipinski definition) is 0. The van der Waals surface area contributed by atoms with Crippen molar-refractivity contribution in [1.82, 2.24) is 9.80 Å². The van der Waals surface area contributed by atoms with E-state index in [9.17, 15) is 4.79 Å². The van der Waals surface area contributed by atoms with Crippen molar-refractivity contribution in [2.75, 3.05) is 32.8 Å². The summed E-state index contributed by atoms with van der Waals surface area (Å²) in [7, 11) is 0. The van der Waals surface area contributed by atoms with Gasteiger partial charge in [-0.1, -0.05) is 12.1 Å². The zero-order valence-electron chi connectivity index (χ0n) is 15.6. The standard InChI is InChI=1S/C19H29BrN2O3/c1-15-14-22(18(23)25-19(2,3)4)12-11-21(15)10-7-13-24-17-9-6-5-8-16(17)20/h5-6,8-9,15H,7,10-14H2,1-4H3/t15-/m0/s1. The first-order valence-corrected chi connectivity index (χ1v) is 9.65. The average Bonchev–Trinajstić information content (AvgIpc) is 2.52. The molecule has 0 aliphatic carbocycles. The molecule has 6 heteroatoms. The van der Waals surface area contributed by atoms with E-state index in [4.69, 9.17) is 9.47 Å². The fourth-order valence-electron chi connectivity index (χ4n) is 2.83. The first-order chi connectivity index (χ1) is 11.8. The molecular weight excluding hydrogens is 384 g/mol. The number of para-hydroxylation sites is 1. The highest BCUT2D eigenvalue weighted by molar-refractivity contribution is 9.10. The molecule has 1 aromatic carbocycles. The van der Waals surface area contributed by atoms with Crippen molar-refractivity contribution in [2.45, 2.75) is 45.8 Å². The molecule has 140 valence electrons. The van der Waals surface area contributed by atoms with Crippen molar-refractivity contribution in [3.63, 3.8) is 0 Å². The Hall–Kier alpha value is -1.27. The van der Waals surface area contributed by atoms with E-state index in [1.165, 1.54) is 0 Å². The molecule has 0 spiro atoms. The quantitative estimate of drug-likeness (QED) is 0.680. The Morgan fingerprint density at radius 1 is 1.28 bits per heavy atom. The van der Waals surface area contributed by atoms with Gasteiger partial charge in [0.1, 0.15) is 11.4 Å². The Labute approximate surface area is 159 Å². The molecule has 0 aromatic heterocycles. The van der Waals surface area contributed by atoms with Gasteiger partial charge in [-0.15, -0.1) is 0 Å². The van der Waals surface area contributed by atoms with Crippen molar-refractivity contribution < 1.29 is 14.3 Å². The minimum Gasteiger partial charge on any atom is -0.492 e. The molecule has 1 aromatic rings. The van der Waals surface area contributed by atoms with Gasteiger partial charge in [-0.3, -0.25) is 4.90 Å². The van der Waals surface area contributed by atoms with Crippen molar-refractivity contribution >= 4 is 22.0 Å². The number of hydrogen-bond acceptors (Lipinski definition) is 4. The maximum Gasteiger partial charge on any atom is 0.410 e. The topological polar surface area (TPSA) is 42.0 Å². The molecule has 0 radical (unpaired) electrons. The molecular formula is C19H29BrN2O3. The monoisotopic (exact) mass is 412 g/mol. The summed E-state index contributed by atoms with van der Waals surface area (Å²) in [4.78, 5) is 16.4. The van der Waals surface area contributed by atoms with Crippen LogP contribution in [0, 0.1) is 0 Å². The SMILES string of the molecule is C[C@H]1CN(C(=O)OC(C)(C)C)CCN1CCCOc1ccccc1Br. The highest BCUT2D eigenvalue weighted by Gasteiger charge is 2.29. The second kappa shape index (κ2) is 8.90. The average molecular weight is 413 g/mol. The van der Waals surface area contributed by atoms with Crippen LogP contribution >= 0.6 is 15.9 Å². The van der Waals surface area contributed by atoms with Crippen LogP contribution in [0.5, 0.6) is 5.75 Å². The molecule has 0 bridgehead atoms. The van der Waals surface area contributed by atoms with Crippen molar-refractivity contribution in [3.8, 4) is 5.75 Å². The van der Waals surface area contributed by atoms with Gasteiger partial charge in [0.2, 0.25) is 0 Å². The van der Waals surface area contributed by atoms with Crippen molar-refractivity contribution in [1.29, 1.82) is 0 Å². The van der Waals surface area contributed by atoms with Crippen LogP contribution in [0.3, 0.4) is 0 Å². The van der Waals surface area contributed by atoms with Gasteiger partial charge in [0.05, 0.1) is 11.1 Å². The number of benzene rings is 1. The van der Waals surface area contributed by atoms with E-state index in [0.29, 0.717) is 25.7 Å². The minimum atomic E-state index is -0.444. The maximum atomic E-state index is 12.2. The lowest BCUT2D eigenvalue weighted by Gasteiger charge is -2.40. The summed E-state index contributed by atoms with van der Waals surface area (Å²) >= 11 is 3.49. The molecule has 1 aliphatic heterocycles. The molecule has 2 rings (SSSR count). The summed E-state index contributed by atoms with van der Waals surface area (Å²) in [6.45, 7) is 11.8. The Morgan fingerprint density at radius 2 is 2.00 bits per heavy atom. The molecule has 0 saturated carbocycles. The molecule has 1 heterocycles. The van der Waals surface area contributed by atoms with Crippen LogP contribution in [0.4, 0.5) is 4.79 Å². The molecule has 25 heavy (non-hydrogen) atoms. The number of halogens is 1. The Balaban J connectivity index is 1.71. The van der Waals surface area contributed by atoms with E-state index in [0.717, 1.165) is 29.7 Å². The van der Waals surface area contributed by atoms with Crippen LogP contribution in [0.15, 0.2) is 28.7 Å². The zero-order chi connectivity index (χ0) is 18.4. The molecule has 0 N–H and O–H groups in total. The van der Waals surface area contributed by atoms with Gasteiger partial charge in [0.15, 0.2) is 0 Å². The molecule has 1 atom stereocenters. The van der Waals surface area contributed by atoms with Crippen LogP contribution in [0.25, 0.3) is 0 Å². The Morgan fingerprint density at radius 3 is 2.64 bits per heavy atom. The van der Waals surface area contributed by atoms with Crippen LogP contribution < -0.4 is 4.74 Å². The highest BCUT2D eigenvalue weighted by Crippen LogP contribution is 2.24. The number of piperazine rings is 1. The summed E-state index contributed by atoms with van der Waals surface area (Å²) in [5.74, 6) is 0.880. The number of amides is 1. The normalized spacial score (nSPS) is 18.9. The van der Waals surface area contributed by atoms with E-state index in [-0.39, 0.29) is 6.09 Å². The van der Waals surface area contributed by atoms with Crippen LogP contribution in [-0.4, -0.2) is 60.3 Å². The number of rotatable bonds is 5. The summed E-state index contributed by atoms with van der Waals surface area (Å²) in [6.07, 6.45) is 0.745. The largest absolute Gasteiger partial charge is 0.492 e. The molecule has 1 fully saturated rings. The van der Waals surface area contributed by atoms with Gasteiger partial charge >= 0.3 is 6.09 Å². The van der Waals surface area contributed by atoms with E-state index in [1.54, 1.807) is 0 Å². The second-order valence-corrected chi connectivity index (χ2v) is 8.30. The first-order valence-electron chi connectivity index (χ1n) is 8.85. The molecule has 1 saturated heterocycles. The fourth-order valence-corrected chi connectivity index (χ4v) is 3.23. The van der Waals surface area contributed by atoms with Gasteiger partial charge in [-0.05, 0) is 62.2 Å². The van der Waals surface area contributed by atoms with E-state index in [2.05, 4.69) is 27.8 Å². The van der Waals surface area contributed by atoms with E-state index in [1.807, 2.05) is 49.9 Å². The summed E-state index contributed by atoms with van der Waals surface area (Å²) in [6, 6.07) is 8.21. The zero-order valence-corrected chi connectivity index (χ0v) is 17.2. The lowest BCUT2D eigenvalue weighted by molar-refractivity contribution is 0.00524. The third-order valence-corrected chi connectivity index (χ3v) is 4.76. The van der Waals surface area contributed by atoms with Crippen LogP contribution in [0.2, 0.25) is 0 Å². The predicted molar refractivity (Wildman–Crippen MR) is 103 cm³/mol. The predicted octanol–water partition coefficient (Wildman–Crippen LogP) is 4.16. The molecule has 1 aliphatic rings. The number of carbonyl (C=O) groups excluding carboxylic acids is 1. The van der Waals surface area contributed by atoms with Crippen molar-refractivity contribution in [3.05, 3.63) is 28.7 Å². The lowest BCUT2D eigenvalue weighted by Crippen LogP contribution is -2.54. The van der Waals surface area contributed by atoms with Crippen LogP contribution in [0.1, 0.15) is 34.1 Å². The Bertz CT molecular complexity index is 574. The van der Waals surface area contributed by atoms with Gasteiger partial charge in [0.25, 0.3) is 0 Å². The third-order valence-electron chi connectivity index (χ3n) is 4.10. The molecule has 1 amide bonds. The van der Waals surface area contributed by atoms with Gasteiger partial charge in [-0.2, -0.15) is 0 Å². The summed E-state index contributed by atoms with van der Waals surface area (Å²) < 4.78 is 12.3. The van der Waals surface area contributed by atoms with Crippen LogP contribution in [-0.2, 0) is 4.74 Å². The first kappa shape index (κ1) is 20.0. The van der Waals surface area contributed by atoms with E-state index >= 15 is 0 Å². The highest BCUT2D eigenvalue weighted by atomic mass is 79.9. The lowest BCUT2D eigenvalue weighted by atomic mass is 10.2. The van der Waals surface area contributed by atoms with Gasteiger partial charge in [0, 0.05) is 32.2 Å². The number of carbonyl (C=O) groups is 1. The van der Waals surface area contributed by atoms with Crippen molar-refractivity contribution in [2.24, 2.45) is 0 Å². The fraction of sp³-hybridized carbons (Fsp3) is 0.632. The van der Waals surface area contributed by atoms with Gasteiger partial charge < -0.3 is 14.4 Å². The second-order valence-electron chi connectivity index (χ2n) is 7.44. The smallest absolute Gasteiger partial charge is 0.410 e. The molecule has 5 nitrogen and oxygen atoms in total. The van der Waals surface area contributed by atoms with E-state index < -0.39 is 5.60 Å².